The van der Waals surface area contributed by atoms with Gasteiger partial charge in [-0.15, -0.1) is 11.3 Å². The van der Waals surface area contributed by atoms with E-state index in [1.807, 2.05) is 47.7 Å². The summed E-state index contributed by atoms with van der Waals surface area (Å²) < 4.78 is 1.26. The number of hydrogen-bond donors (Lipinski definition) is 1. The van der Waals surface area contributed by atoms with E-state index in [4.69, 9.17) is 0 Å². The van der Waals surface area contributed by atoms with E-state index >= 15 is 0 Å². The van der Waals surface area contributed by atoms with Crippen LogP contribution in [0, 0.1) is 12.8 Å². The van der Waals surface area contributed by atoms with Crippen LogP contribution in [0.5, 0.6) is 0 Å². The van der Waals surface area contributed by atoms with Gasteiger partial charge in [0.25, 0.3) is 5.91 Å². The maximum absolute atomic E-state index is 13.1. The van der Waals surface area contributed by atoms with Gasteiger partial charge in [-0.2, -0.15) is 0 Å². The third-order valence-corrected chi connectivity index (χ3v) is 7.00. The summed E-state index contributed by atoms with van der Waals surface area (Å²) in [6, 6.07) is 12.1. The van der Waals surface area contributed by atoms with Crippen LogP contribution in [0.1, 0.15) is 36.0 Å². The van der Waals surface area contributed by atoms with Gasteiger partial charge in [0, 0.05) is 42.5 Å². The van der Waals surface area contributed by atoms with Crippen LogP contribution in [0.2, 0.25) is 0 Å². The fraction of sp³-hybridized carbons (Fsp3) is 0.269. The van der Waals surface area contributed by atoms with E-state index < -0.39 is 0 Å². The Hall–Kier alpha value is -3.65. The summed E-state index contributed by atoms with van der Waals surface area (Å²) in [7, 11) is 0. The van der Waals surface area contributed by atoms with Crippen LogP contribution >= 0.6 is 11.3 Å². The molecule has 0 bridgehead atoms. The van der Waals surface area contributed by atoms with E-state index in [-0.39, 0.29) is 11.8 Å². The van der Waals surface area contributed by atoms with Crippen molar-refractivity contribution in [3.05, 3.63) is 88.9 Å². The lowest BCUT2D eigenvalue weighted by Gasteiger charge is -2.28. The van der Waals surface area contributed by atoms with Crippen molar-refractivity contribution in [2.45, 2.75) is 33.2 Å². The van der Waals surface area contributed by atoms with Crippen molar-refractivity contribution in [1.82, 2.24) is 24.8 Å². The minimum absolute atomic E-state index is 0.0393. The number of benzene rings is 1. The smallest absolute Gasteiger partial charge is 0.252 e. The minimum atomic E-state index is 0.0393. The monoisotopic (exact) mass is 470 g/mol. The van der Waals surface area contributed by atoms with Gasteiger partial charge < -0.3 is 9.88 Å². The lowest BCUT2D eigenvalue weighted by Crippen LogP contribution is -2.38. The number of carbonyl (C=O) groups excluding carboxylic acids is 1. The Bertz CT molecular complexity index is 1350. The molecule has 1 unspecified atom stereocenters. The fourth-order valence-corrected chi connectivity index (χ4v) is 5.11. The van der Waals surface area contributed by atoms with E-state index in [1.54, 1.807) is 30.1 Å². The van der Waals surface area contributed by atoms with E-state index in [2.05, 4.69) is 37.9 Å². The van der Waals surface area contributed by atoms with Crippen molar-refractivity contribution in [3.8, 4) is 0 Å². The van der Waals surface area contributed by atoms with Gasteiger partial charge in [-0.1, -0.05) is 19.1 Å². The number of amides is 1. The molecule has 0 spiro atoms. The summed E-state index contributed by atoms with van der Waals surface area (Å²) >= 11 is 1.68. The molecule has 2 aliphatic heterocycles. The van der Waals surface area contributed by atoms with Crippen molar-refractivity contribution < 1.29 is 4.79 Å². The molecular formula is C26H26N6OS. The molecule has 3 aromatic heterocycles. The first kappa shape index (κ1) is 22.2. The molecule has 5 heterocycles. The summed E-state index contributed by atoms with van der Waals surface area (Å²) in [5.41, 5.74) is 8.83. The number of pyridine rings is 1. The molecule has 0 saturated carbocycles. The Morgan fingerprint density at radius 1 is 1.21 bits per heavy atom. The molecule has 172 valence electrons. The standard InChI is InChI=1S/C19H21N5O.C7H5NS/c1-3-14-15(9-21-18(14)13-4-6-20-12(2)8-13)19(25)24-7-5-16-17(10-24)23-11-22-16;1-2-4-7-6(3-1)8-5-9-7/h4,6,8-9,11,14H,3,5,7,10H2,1-2H3,(H,22,23);1-5H. The number of H-pyrrole nitrogens is 1. The molecule has 1 atom stereocenters. The summed E-state index contributed by atoms with van der Waals surface area (Å²) in [5, 5.41) is 0. The van der Waals surface area contributed by atoms with Crippen molar-refractivity contribution in [2.24, 2.45) is 10.9 Å². The Labute approximate surface area is 202 Å². The minimum Gasteiger partial charge on any atom is -0.347 e. The van der Waals surface area contributed by atoms with Gasteiger partial charge in [-0.25, -0.2) is 9.97 Å². The Morgan fingerprint density at radius 2 is 2.09 bits per heavy atom. The number of hydrogen-bond acceptors (Lipinski definition) is 6. The van der Waals surface area contributed by atoms with Gasteiger partial charge in [-0.05, 0) is 43.2 Å². The zero-order valence-electron chi connectivity index (χ0n) is 19.2. The molecule has 1 N–H and O–H groups in total. The average Bonchev–Trinajstić information content (AvgIpc) is 3.62. The van der Waals surface area contributed by atoms with E-state index in [0.29, 0.717) is 13.1 Å². The second-order valence-electron chi connectivity index (χ2n) is 8.37. The van der Waals surface area contributed by atoms with Crippen molar-refractivity contribution in [3.63, 3.8) is 0 Å². The highest BCUT2D eigenvalue weighted by Crippen LogP contribution is 2.30. The van der Waals surface area contributed by atoms with Crippen LogP contribution in [-0.4, -0.2) is 43.0 Å². The summed E-state index contributed by atoms with van der Waals surface area (Å²) in [6.07, 6.45) is 6.90. The number of carbonyl (C=O) groups is 1. The highest BCUT2D eigenvalue weighted by atomic mass is 32.1. The Kier molecular flexibility index (Phi) is 6.31. The third kappa shape index (κ3) is 4.41. The Morgan fingerprint density at radius 3 is 2.91 bits per heavy atom. The molecule has 6 rings (SSSR count). The topological polar surface area (TPSA) is 87.1 Å². The lowest BCUT2D eigenvalue weighted by molar-refractivity contribution is -0.128. The molecule has 0 fully saturated rings. The number of imidazole rings is 1. The highest BCUT2D eigenvalue weighted by molar-refractivity contribution is 7.16. The molecule has 4 aromatic rings. The maximum Gasteiger partial charge on any atom is 0.252 e. The van der Waals surface area contributed by atoms with Crippen LogP contribution in [-0.2, 0) is 17.8 Å². The van der Waals surface area contributed by atoms with Gasteiger partial charge >= 0.3 is 0 Å². The molecule has 0 saturated heterocycles. The molecular weight excluding hydrogens is 444 g/mol. The number of rotatable bonds is 3. The highest BCUT2D eigenvalue weighted by Gasteiger charge is 2.33. The van der Waals surface area contributed by atoms with Crippen LogP contribution in [0.3, 0.4) is 0 Å². The van der Waals surface area contributed by atoms with Gasteiger partial charge in [0.2, 0.25) is 0 Å². The number of nitrogens with one attached hydrogen (secondary N) is 1. The van der Waals surface area contributed by atoms with Crippen LogP contribution in [0.4, 0.5) is 0 Å². The molecule has 8 heteroatoms. The molecule has 7 nitrogen and oxygen atoms in total. The maximum atomic E-state index is 13.1. The number of aliphatic imine (C=N–C) groups is 1. The van der Waals surface area contributed by atoms with E-state index in [1.165, 1.54) is 4.70 Å². The number of aryl methyl sites for hydroxylation is 1. The number of fused-ring (bicyclic) bond motifs is 2. The predicted molar refractivity (Wildman–Crippen MR) is 135 cm³/mol. The summed E-state index contributed by atoms with van der Waals surface area (Å²) in [6.45, 7) is 5.36. The molecule has 2 aliphatic rings. The molecule has 0 radical (unpaired) electrons. The van der Waals surface area contributed by atoms with Gasteiger partial charge in [0.05, 0.1) is 45.7 Å². The molecule has 1 amide bonds. The van der Waals surface area contributed by atoms with Gasteiger partial charge in [0.15, 0.2) is 0 Å². The van der Waals surface area contributed by atoms with E-state index in [9.17, 15) is 4.79 Å². The van der Waals surface area contributed by atoms with Gasteiger partial charge in [-0.3, -0.25) is 14.8 Å². The summed E-state index contributed by atoms with van der Waals surface area (Å²) in [4.78, 5) is 35.4. The summed E-state index contributed by atoms with van der Waals surface area (Å²) in [5.74, 6) is 0.120. The van der Waals surface area contributed by atoms with Crippen LogP contribution in [0.15, 0.2) is 71.2 Å². The van der Waals surface area contributed by atoms with E-state index in [0.717, 1.165) is 52.3 Å². The first-order valence-corrected chi connectivity index (χ1v) is 12.3. The third-order valence-electron chi connectivity index (χ3n) is 6.19. The number of aromatic nitrogens is 4. The first-order valence-electron chi connectivity index (χ1n) is 11.4. The van der Waals surface area contributed by atoms with Crippen molar-refractivity contribution in [2.75, 3.05) is 6.54 Å². The predicted octanol–water partition coefficient (Wildman–Crippen LogP) is 4.71. The normalized spacial score (nSPS) is 17.0. The lowest BCUT2D eigenvalue weighted by atomic mass is 9.89. The van der Waals surface area contributed by atoms with Crippen molar-refractivity contribution >= 4 is 33.2 Å². The SMILES string of the molecule is CCC1C(C(=O)N2CCc3nc[nH]c3C2)=CN=C1c1ccnc(C)c1.c1ccc2scnc2c1. The molecule has 0 aliphatic carbocycles. The van der Waals surface area contributed by atoms with Crippen LogP contribution in [0.25, 0.3) is 10.2 Å². The zero-order valence-corrected chi connectivity index (χ0v) is 20.0. The van der Waals surface area contributed by atoms with Gasteiger partial charge in [0.1, 0.15) is 0 Å². The molecule has 34 heavy (non-hydrogen) atoms. The number of nitrogens with zero attached hydrogens (tertiary/aromatic N) is 5. The Balaban J connectivity index is 0.000000222. The second-order valence-corrected chi connectivity index (χ2v) is 9.26. The fourth-order valence-electron chi connectivity index (χ4n) is 4.44. The van der Waals surface area contributed by atoms with Crippen LogP contribution < -0.4 is 0 Å². The quantitative estimate of drug-likeness (QED) is 0.470. The first-order chi connectivity index (χ1) is 16.6. The largest absolute Gasteiger partial charge is 0.347 e. The number of aromatic amines is 1. The number of thiazole rings is 1. The number of para-hydroxylation sites is 1. The average molecular weight is 471 g/mol. The van der Waals surface area contributed by atoms with Crippen molar-refractivity contribution in [1.29, 1.82) is 0 Å². The molecule has 1 aromatic carbocycles. The second kappa shape index (κ2) is 9.69. The zero-order chi connectivity index (χ0) is 23.5.